The van der Waals surface area contributed by atoms with E-state index in [-0.39, 0.29) is 16.9 Å². The SMILES string of the molecule is CCOC(OCC)C1C(=O)c2cc(F)ccc2OC12CCN(C(C)(C)C)CC2. The van der Waals surface area contributed by atoms with Gasteiger partial charge in [-0.05, 0) is 52.8 Å². The van der Waals surface area contributed by atoms with Crippen molar-refractivity contribution in [2.24, 2.45) is 5.92 Å². The summed E-state index contributed by atoms with van der Waals surface area (Å²) >= 11 is 0. The summed E-state index contributed by atoms with van der Waals surface area (Å²) in [5.74, 6) is -0.767. The van der Waals surface area contributed by atoms with Gasteiger partial charge in [-0.25, -0.2) is 4.39 Å². The van der Waals surface area contributed by atoms with Crippen LogP contribution in [-0.4, -0.2) is 54.4 Å². The van der Waals surface area contributed by atoms with E-state index in [9.17, 15) is 9.18 Å². The number of rotatable bonds is 5. The molecule has 0 aromatic heterocycles. The van der Waals surface area contributed by atoms with Gasteiger partial charge in [0.05, 0.1) is 5.56 Å². The van der Waals surface area contributed by atoms with Crippen LogP contribution in [0.3, 0.4) is 0 Å². The molecule has 1 spiro atoms. The van der Waals surface area contributed by atoms with E-state index in [2.05, 4.69) is 25.7 Å². The maximum Gasteiger partial charge on any atom is 0.178 e. The molecule has 2 aliphatic rings. The number of halogens is 1. The van der Waals surface area contributed by atoms with Gasteiger partial charge in [-0.1, -0.05) is 0 Å². The average molecular weight is 393 g/mol. The van der Waals surface area contributed by atoms with E-state index in [0.29, 0.717) is 31.8 Å². The molecule has 0 amide bonds. The predicted octanol–water partition coefficient (Wildman–Crippen LogP) is 4.05. The van der Waals surface area contributed by atoms with Crippen molar-refractivity contribution in [3.63, 3.8) is 0 Å². The molecule has 2 aliphatic heterocycles. The summed E-state index contributed by atoms with van der Waals surface area (Å²) in [5.41, 5.74) is -0.382. The normalized spacial score (nSPS) is 22.4. The Labute approximate surface area is 167 Å². The van der Waals surface area contributed by atoms with E-state index in [1.807, 2.05) is 13.8 Å². The van der Waals surface area contributed by atoms with Crippen LogP contribution in [0.15, 0.2) is 18.2 Å². The molecule has 1 saturated heterocycles. The summed E-state index contributed by atoms with van der Waals surface area (Å²) in [7, 11) is 0. The molecule has 28 heavy (non-hydrogen) atoms. The Hall–Kier alpha value is -1.50. The summed E-state index contributed by atoms with van der Waals surface area (Å²) in [6.45, 7) is 12.8. The number of hydrogen-bond donors (Lipinski definition) is 0. The fourth-order valence-corrected chi connectivity index (χ4v) is 4.38. The van der Waals surface area contributed by atoms with Gasteiger partial charge in [-0.2, -0.15) is 0 Å². The molecule has 1 aromatic carbocycles. The number of fused-ring (bicyclic) bond motifs is 1. The van der Waals surface area contributed by atoms with Crippen LogP contribution in [0.25, 0.3) is 0 Å². The Morgan fingerprint density at radius 1 is 1.21 bits per heavy atom. The second-order valence-corrected chi connectivity index (χ2v) is 8.59. The van der Waals surface area contributed by atoms with E-state index in [1.165, 1.54) is 12.1 Å². The molecule has 1 aromatic rings. The van der Waals surface area contributed by atoms with Crippen molar-refractivity contribution >= 4 is 5.78 Å². The number of ether oxygens (including phenoxy) is 3. The molecule has 0 radical (unpaired) electrons. The molecule has 0 bridgehead atoms. The average Bonchev–Trinajstić information content (AvgIpc) is 2.62. The smallest absolute Gasteiger partial charge is 0.178 e. The van der Waals surface area contributed by atoms with Crippen molar-refractivity contribution in [3.05, 3.63) is 29.6 Å². The Kier molecular flexibility index (Phi) is 6.13. The minimum Gasteiger partial charge on any atom is -0.485 e. The van der Waals surface area contributed by atoms with E-state index in [0.717, 1.165) is 13.1 Å². The van der Waals surface area contributed by atoms with Crippen LogP contribution in [0.4, 0.5) is 4.39 Å². The molecule has 2 heterocycles. The summed E-state index contributed by atoms with van der Waals surface area (Å²) in [5, 5.41) is 0. The Morgan fingerprint density at radius 3 is 2.36 bits per heavy atom. The van der Waals surface area contributed by atoms with Crippen LogP contribution < -0.4 is 4.74 Å². The molecule has 156 valence electrons. The molecular weight excluding hydrogens is 361 g/mol. The first-order valence-corrected chi connectivity index (χ1v) is 10.2. The van der Waals surface area contributed by atoms with Crippen molar-refractivity contribution in [3.8, 4) is 5.75 Å². The summed E-state index contributed by atoms with van der Waals surface area (Å²) in [4.78, 5) is 15.9. The highest BCUT2D eigenvalue weighted by Gasteiger charge is 2.55. The molecule has 1 unspecified atom stereocenters. The molecule has 3 rings (SSSR count). The maximum absolute atomic E-state index is 13.8. The minimum absolute atomic E-state index is 0.0516. The zero-order valence-corrected chi connectivity index (χ0v) is 17.6. The van der Waals surface area contributed by atoms with Gasteiger partial charge in [0.15, 0.2) is 12.1 Å². The summed E-state index contributed by atoms with van der Waals surface area (Å²) < 4.78 is 31.9. The highest BCUT2D eigenvalue weighted by Crippen LogP contribution is 2.46. The van der Waals surface area contributed by atoms with Crippen molar-refractivity contribution in [1.29, 1.82) is 0 Å². The predicted molar refractivity (Wildman–Crippen MR) is 105 cm³/mol. The first-order valence-electron chi connectivity index (χ1n) is 10.2. The van der Waals surface area contributed by atoms with Gasteiger partial charge in [0.2, 0.25) is 0 Å². The van der Waals surface area contributed by atoms with E-state index in [4.69, 9.17) is 14.2 Å². The standard InChI is InChI=1S/C22H32FNO4/c1-6-26-20(27-7-2)18-19(25)16-14-15(23)8-9-17(16)28-22(18)10-12-24(13-11-22)21(3,4)5/h8-9,14,18,20H,6-7,10-13H2,1-5H3. The molecule has 0 N–H and O–H groups in total. The van der Waals surface area contributed by atoms with Gasteiger partial charge in [-0.15, -0.1) is 0 Å². The van der Waals surface area contributed by atoms with Crippen LogP contribution >= 0.6 is 0 Å². The van der Waals surface area contributed by atoms with Crippen molar-refractivity contribution in [2.45, 2.75) is 64.9 Å². The Morgan fingerprint density at radius 2 is 1.82 bits per heavy atom. The first-order chi connectivity index (χ1) is 13.2. The summed E-state index contributed by atoms with van der Waals surface area (Å²) in [6, 6.07) is 4.16. The molecule has 1 atom stereocenters. The number of ketones is 1. The zero-order valence-electron chi connectivity index (χ0n) is 17.6. The van der Waals surface area contributed by atoms with Crippen LogP contribution in [-0.2, 0) is 9.47 Å². The molecule has 5 nitrogen and oxygen atoms in total. The third kappa shape index (κ3) is 3.95. The number of Topliss-reactive ketones (excluding diaryl/α,β-unsaturated/α-hetero) is 1. The van der Waals surface area contributed by atoms with Gasteiger partial charge in [0.25, 0.3) is 0 Å². The number of carbonyl (C=O) groups is 1. The number of benzene rings is 1. The van der Waals surface area contributed by atoms with Crippen molar-refractivity contribution in [1.82, 2.24) is 4.90 Å². The number of nitrogens with zero attached hydrogens (tertiary/aromatic N) is 1. The van der Waals surface area contributed by atoms with Gasteiger partial charge in [-0.3, -0.25) is 9.69 Å². The van der Waals surface area contributed by atoms with Gasteiger partial charge < -0.3 is 14.2 Å². The summed E-state index contributed by atoms with van der Waals surface area (Å²) in [6.07, 6.45) is 0.669. The Bertz CT molecular complexity index is 701. The largest absolute Gasteiger partial charge is 0.485 e. The highest BCUT2D eigenvalue weighted by molar-refractivity contribution is 6.02. The number of likely N-dealkylation sites (tertiary alicyclic amines) is 1. The monoisotopic (exact) mass is 393 g/mol. The lowest BCUT2D eigenvalue weighted by Gasteiger charge is -2.52. The molecule has 0 saturated carbocycles. The topological polar surface area (TPSA) is 48.0 Å². The fraction of sp³-hybridized carbons (Fsp3) is 0.682. The van der Waals surface area contributed by atoms with Crippen molar-refractivity contribution in [2.75, 3.05) is 26.3 Å². The quantitative estimate of drug-likeness (QED) is 0.707. The third-order valence-electron chi connectivity index (χ3n) is 5.86. The second-order valence-electron chi connectivity index (χ2n) is 8.59. The van der Waals surface area contributed by atoms with Crippen LogP contribution in [0, 0.1) is 11.7 Å². The first kappa shape index (κ1) is 21.2. The zero-order chi connectivity index (χ0) is 20.5. The van der Waals surface area contributed by atoms with Gasteiger partial charge >= 0.3 is 0 Å². The van der Waals surface area contributed by atoms with Gasteiger partial charge in [0.1, 0.15) is 23.1 Å². The van der Waals surface area contributed by atoms with Crippen LogP contribution in [0.5, 0.6) is 5.75 Å². The minimum atomic E-state index is -0.710. The maximum atomic E-state index is 13.8. The Balaban J connectivity index is 2.00. The lowest BCUT2D eigenvalue weighted by molar-refractivity contribution is -0.200. The van der Waals surface area contributed by atoms with Crippen LogP contribution in [0.2, 0.25) is 0 Å². The number of piperidine rings is 1. The highest BCUT2D eigenvalue weighted by atomic mass is 19.1. The number of hydrogen-bond acceptors (Lipinski definition) is 5. The molecule has 1 fully saturated rings. The van der Waals surface area contributed by atoms with Crippen LogP contribution in [0.1, 0.15) is 57.8 Å². The fourth-order valence-electron chi connectivity index (χ4n) is 4.38. The molecule has 0 aliphatic carbocycles. The molecular formula is C22H32FNO4. The van der Waals surface area contributed by atoms with E-state index in [1.54, 1.807) is 6.07 Å². The molecule has 6 heteroatoms. The lowest BCUT2D eigenvalue weighted by atomic mass is 9.72. The third-order valence-corrected chi connectivity index (χ3v) is 5.86. The second kappa shape index (κ2) is 8.09. The number of carbonyl (C=O) groups excluding carboxylic acids is 1. The van der Waals surface area contributed by atoms with E-state index >= 15 is 0 Å². The van der Waals surface area contributed by atoms with E-state index < -0.39 is 23.6 Å². The lowest BCUT2D eigenvalue weighted by Crippen LogP contribution is -2.62. The van der Waals surface area contributed by atoms with Crippen molar-refractivity contribution < 1.29 is 23.4 Å². The van der Waals surface area contributed by atoms with Gasteiger partial charge in [0, 0.05) is 44.7 Å².